The van der Waals surface area contributed by atoms with Crippen molar-refractivity contribution < 1.29 is 14.3 Å². The maximum absolute atomic E-state index is 12.4. The summed E-state index contributed by atoms with van der Waals surface area (Å²) in [7, 11) is 1.62. The number of carbonyl (C=O) groups excluding carboxylic acids is 1. The molecule has 33 heavy (non-hydrogen) atoms. The van der Waals surface area contributed by atoms with Gasteiger partial charge in [-0.1, -0.05) is 18.7 Å². The lowest BCUT2D eigenvalue weighted by Crippen LogP contribution is -2.29. The number of methoxy groups -OCH3 is 1. The van der Waals surface area contributed by atoms with Crippen LogP contribution in [0.15, 0.2) is 79.8 Å². The average Bonchev–Trinajstić information content (AvgIpc) is 3.49. The molecule has 0 bridgehead atoms. The molecule has 7 nitrogen and oxygen atoms in total. The summed E-state index contributed by atoms with van der Waals surface area (Å²) < 4.78 is 13.4. The first kappa shape index (κ1) is 20.8. The summed E-state index contributed by atoms with van der Waals surface area (Å²) >= 11 is 0. The maximum Gasteiger partial charge on any atom is 0.246 e. The van der Waals surface area contributed by atoms with Crippen molar-refractivity contribution >= 4 is 11.4 Å². The number of benzene rings is 2. The highest BCUT2D eigenvalue weighted by Gasteiger charge is 2.32. The van der Waals surface area contributed by atoms with Crippen LogP contribution in [0.3, 0.4) is 0 Å². The molecule has 0 aliphatic carbocycles. The second-order valence-corrected chi connectivity index (χ2v) is 7.82. The van der Waals surface area contributed by atoms with Gasteiger partial charge < -0.3 is 14.4 Å². The van der Waals surface area contributed by atoms with Gasteiger partial charge in [0.1, 0.15) is 11.6 Å². The van der Waals surface area contributed by atoms with Crippen LogP contribution < -0.4 is 9.47 Å². The lowest BCUT2D eigenvalue weighted by atomic mass is 10.1. The van der Waals surface area contributed by atoms with E-state index in [2.05, 4.69) is 11.6 Å². The molecule has 0 radical (unpaired) electrons. The molecule has 1 saturated heterocycles. The molecule has 1 amide bonds. The fraction of sp³-hybridized carbons (Fsp3) is 0.192. The summed E-state index contributed by atoms with van der Waals surface area (Å²) in [6.07, 6.45) is 8.62. The van der Waals surface area contributed by atoms with Crippen LogP contribution in [0.2, 0.25) is 0 Å². The number of ether oxygens (including phenoxy) is 2. The van der Waals surface area contributed by atoms with Crippen molar-refractivity contribution in [2.45, 2.75) is 18.9 Å². The Morgan fingerprint density at radius 2 is 1.94 bits per heavy atom. The van der Waals surface area contributed by atoms with Crippen molar-refractivity contribution in [3.05, 3.63) is 85.6 Å². The van der Waals surface area contributed by atoms with Crippen LogP contribution in [-0.4, -0.2) is 38.8 Å². The van der Waals surface area contributed by atoms with Crippen molar-refractivity contribution in [2.75, 3.05) is 13.7 Å². The summed E-state index contributed by atoms with van der Waals surface area (Å²) in [6, 6.07) is 15.2. The number of likely N-dealkylation sites (tertiary alicyclic amines) is 1. The minimum atomic E-state index is -0.0905. The molecule has 166 valence electrons. The van der Waals surface area contributed by atoms with Gasteiger partial charge in [0, 0.05) is 24.5 Å². The lowest BCUT2D eigenvalue weighted by molar-refractivity contribution is -0.127. The molecule has 4 aromatic rings. The minimum absolute atomic E-state index is 0.0669. The van der Waals surface area contributed by atoms with E-state index in [4.69, 9.17) is 14.5 Å². The molecule has 0 N–H and O–H groups in total. The number of hydrogen-bond acceptors (Lipinski definition) is 5. The van der Waals surface area contributed by atoms with E-state index in [-0.39, 0.29) is 11.9 Å². The number of imidazole rings is 1. The predicted octanol–water partition coefficient (Wildman–Crippen LogP) is 5.05. The monoisotopic (exact) mass is 440 g/mol. The summed E-state index contributed by atoms with van der Waals surface area (Å²) in [5.74, 6) is 2.79. The second kappa shape index (κ2) is 8.78. The van der Waals surface area contributed by atoms with E-state index in [1.807, 2.05) is 64.0 Å². The summed E-state index contributed by atoms with van der Waals surface area (Å²) in [5.41, 5.74) is 2.65. The number of aromatic nitrogens is 3. The number of amides is 1. The Morgan fingerprint density at radius 3 is 2.70 bits per heavy atom. The van der Waals surface area contributed by atoms with Crippen molar-refractivity contribution in [1.29, 1.82) is 0 Å². The number of carbonyl (C=O) groups is 1. The fourth-order valence-corrected chi connectivity index (χ4v) is 4.34. The molecule has 2 aromatic carbocycles. The first-order valence-corrected chi connectivity index (χ1v) is 10.9. The van der Waals surface area contributed by atoms with Crippen LogP contribution >= 0.6 is 0 Å². The molecule has 5 rings (SSSR count). The van der Waals surface area contributed by atoms with Gasteiger partial charge in [0.25, 0.3) is 0 Å². The quantitative estimate of drug-likeness (QED) is 0.393. The largest absolute Gasteiger partial charge is 0.493 e. The van der Waals surface area contributed by atoms with Gasteiger partial charge in [-0.05, 0) is 55.3 Å². The fourth-order valence-electron chi connectivity index (χ4n) is 4.34. The van der Waals surface area contributed by atoms with Crippen molar-refractivity contribution in [3.63, 3.8) is 0 Å². The average molecular weight is 441 g/mol. The Kier molecular flexibility index (Phi) is 5.52. The minimum Gasteiger partial charge on any atom is -0.493 e. The van der Waals surface area contributed by atoms with Crippen LogP contribution in [0, 0.1) is 0 Å². The molecule has 1 atom stereocenters. The third-order valence-corrected chi connectivity index (χ3v) is 5.91. The van der Waals surface area contributed by atoms with E-state index < -0.39 is 0 Å². The van der Waals surface area contributed by atoms with Gasteiger partial charge in [-0.2, -0.15) is 0 Å². The molecule has 7 heteroatoms. The van der Waals surface area contributed by atoms with Crippen LogP contribution in [0.5, 0.6) is 17.2 Å². The van der Waals surface area contributed by atoms with Gasteiger partial charge in [-0.15, -0.1) is 0 Å². The SMILES string of the molecule is C=CC(=O)N1CCCC1c1nc(-c2ccc(Oc3ccccc3OC)cc2)c2cnccn12. The Morgan fingerprint density at radius 1 is 1.15 bits per heavy atom. The first-order valence-electron chi connectivity index (χ1n) is 10.9. The smallest absolute Gasteiger partial charge is 0.246 e. The van der Waals surface area contributed by atoms with Gasteiger partial charge in [-0.3, -0.25) is 14.2 Å². The zero-order valence-electron chi connectivity index (χ0n) is 18.3. The summed E-state index contributed by atoms with van der Waals surface area (Å²) in [5, 5.41) is 0. The molecule has 2 aromatic heterocycles. The highest BCUT2D eigenvalue weighted by Crippen LogP contribution is 2.36. The van der Waals surface area contributed by atoms with Gasteiger partial charge in [-0.25, -0.2) is 4.98 Å². The van der Waals surface area contributed by atoms with Gasteiger partial charge in [0.15, 0.2) is 11.5 Å². The number of hydrogen-bond donors (Lipinski definition) is 0. The Bertz CT molecular complexity index is 1310. The van der Waals surface area contributed by atoms with Gasteiger partial charge >= 0.3 is 0 Å². The topological polar surface area (TPSA) is 69.0 Å². The lowest BCUT2D eigenvalue weighted by Gasteiger charge is -2.22. The van der Waals surface area contributed by atoms with E-state index in [0.717, 1.165) is 35.4 Å². The van der Waals surface area contributed by atoms with Crippen LogP contribution in [0.1, 0.15) is 24.7 Å². The van der Waals surface area contributed by atoms with Crippen LogP contribution in [-0.2, 0) is 4.79 Å². The molecule has 3 heterocycles. The van der Waals surface area contributed by atoms with Crippen molar-refractivity contribution in [1.82, 2.24) is 19.3 Å². The molecule has 1 fully saturated rings. The Hall–Kier alpha value is -4.13. The van der Waals surface area contributed by atoms with E-state index in [0.29, 0.717) is 23.8 Å². The van der Waals surface area contributed by atoms with Gasteiger partial charge in [0.05, 0.1) is 30.6 Å². The molecule has 0 spiro atoms. The van der Waals surface area contributed by atoms with Crippen LogP contribution in [0.4, 0.5) is 0 Å². The Labute approximate surface area is 191 Å². The number of fused-ring (bicyclic) bond motifs is 1. The molecule has 1 aliphatic rings. The zero-order valence-corrected chi connectivity index (χ0v) is 18.3. The molecule has 0 saturated carbocycles. The third-order valence-electron chi connectivity index (χ3n) is 5.91. The number of nitrogens with zero attached hydrogens (tertiary/aromatic N) is 4. The van der Waals surface area contributed by atoms with E-state index in [9.17, 15) is 4.79 Å². The molecular weight excluding hydrogens is 416 g/mol. The zero-order chi connectivity index (χ0) is 22.8. The first-order chi connectivity index (χ1) is 16.2. The van der Waals surface area contributed by atoms with Crippen molar-refractivity contribution in [3.8, 4) is 28.5 Å². The molecular formula is C26H24N4O3. The normalized spacial score (nSPS) is 15.5. The standard InChI is InChI=1S/C26H24N4O3/c1-3-24(31)29-15-6-7-20(29)26-28-25(21-17-27-14-16-30(21)26)18-10-12-19(13-11-18)33-23-9-5-4-8-22(23)32-2/h3-5,8-14,16-17,20H,1,6-7,15H2,2H3. The third kappa shape index (κ3) is 3.82. The van der Waals surface area contributed by atoms with E-state index >= 15 is 0 Å². The predicted molar refractivity (Wildman–Crippen MR) is 125 cm³/mol. The molecule has 1 aliphatic heterocycles. The molecule has 1 unspecified atom stereocenters. The van der Waals surface area contributed by atoms with Gasteiger partial charge in [0.2, 0.25) is 5.91 Å². The van der Waals surface area contributed by atoms with Crippen LogP contribution in [0.25, 0.3) is 16.8 Å². The highest BCUT2D eigenvalue weighted by atomic mass is 16.5. The summed E-state index contributed by atoms with van der Waals surface area (Å²) in [4.78, 5) is 23.5. The summed E-state index contributed by atoms with van der Waals surface area (Å²) in [6.45, 7) is 4.36. The Balaban J connectivity index is 1.49. The van der Waals surface area contributed by atoms with Crippen molar-refractivity contribution in [2.24, 2.45) is 0 Å². The second-order valence-electron chi connectivity index (χ2n) is 7.82. The number of rotatable bonds is 6. The van der Waals surface area contributed by atoms with E-state index in [1.54, 1.807) is 19.5 Å². The highest BCUT2D eigenvalue weighted by molar-refractivity contribution is 5.87. The van der Waals surface area contributed by atoms with E-state index in [1.165, 1.54) is 6.08 Å². The number of para-hydroxylation sites is 2. The maximum atomic E-state index is 12.4.